The number of hydrogen-bond donors (Lipinski definition) is 1. The van der Waals surface area contributed by atoms with Gasteiger partial charge in [0, 0.05) is 6.54 Å². The standard InChI is InChI=1S/C16H22N2O/c1-12(2)16(8-9-16)11-18-14(19)10-17-15(18)13-6-4-3-5-7-13/h3-7,12,15,17H,8-11H2,1-2H3. The molecule has 1 saturated heterocycles. The van der Waals surface area contributed by atoms with Gasteiger partial charge in [0.05, 0.1) is 6.54 Å². The van der Waals surface area contributed by atoms with Gasteiger partial charge in [-0.1, -0.05) is 44.2 Å². The van der Waals surface area contributed by atoms with Gasteiger partial charge in [-0.05, 0) is 29.7 Å². The molecule has 3 heteroatoms. The van der Waals surface area contributed by atoms with Crippen LogP contribution in [0.2, 0.25) is 0 Å². The summed E-state index contributed by atoms with van der Waals surface area (Å²) < 4.78 is 0. The van der Waals surface area contributed by atoms with Crippen molar-refractivity contribution in [2.75, 3.05) is 13.1 Å². The summed E-state index contributed by atoms with van der Waals surface area (Å²) in [6.07, 6.45) is 2.58. The van der Waals surface area contributed by atoms with E-state index in [1.165, 1.54) is 18.4 Å². The molecule has 1 heterocycles. The fraction of sp³-hybridized carbons (Fsp3) is 0.562. The Labute approximate surface area is 115 Å². The van der Waals surface area contributed by atoms with Crippen LogP contribution in [-0.2, 0) is 4.79 Å². The van der Waals surface area contributed by atoms with Crippen molar-refractivity contribution in [1.29, 1.82) is 0 Å². The monoisotopic (exact) mass is 258 g/mol. The molecule has 1 saturated carbocycles. The highest BCUT2D eigenvalue weighted by atomic mass is 16.2. The number of amides is 1. The number of rotatable bonds is 4. The lowest BCUT2D eigenvalue weighted by atomic mass is 9.91. The summed E-state index contributed by atoms with van der Waals surface area (Å²) in [6, 6.07) is 10.3. The summed E-state index contributed by atoms with van der Waals surface area (Å²) in [5.41, 5.74) is 1.56. The van der Waals surface area contributed by atoms with E-state index in [0.29, 0.717) is 17.9 Å². The summed E-state index contributed by atoms with van der Waals surface area (Å²) in [4.78, 5) is 14.2. The van der Waals surface area contributed by atoms with Crippen LogP contribution in [0.15, 0.2) is 30.3 Å². The molecule has 0 spiro atoms. The maximum atomic E-state index is 12.1. The lowest BCUT2D eigenvalue weighted by molar-refractivity contribution is -0.129. The molecule has 1 aromatic rings. The van der Waals surface area contributed by atoms with Crippen LogP contribution >= 0.6 is 0 Å². The zero-order valence-electron chi connectivity index (χ0n) is 11.7. The number of carbonyl (C=O) groups excluding carboxylic acids is 1. The van der Waals surface area contributed by atoms with Crippen molar-refractivity contribution in [3.05, 3.63) is 35.9 Å². The van der Waals surface area contributed by atoms with Gasteiger partial charge in [-0.2, -0.15) is 0 Å². The predicted octanol–water partition coefficient (Wildman–Crippen LogP) is 2.55. The molecule has 2 aliphatic rings. The van der Waals surface area contributed by atoms with E-state index in [9.17, 15) is 4.79 Å². The topological polar surface area (TPSA) is 32.3 Å². The quantitative estimate of drug-likeness (QED) is 0.900. The number of benzene rings is 1. The van der Waals surface area contributed by atoms with Crippen LogP contribution in [0.25, 0.3) is 0 Å². The highest BCUT2D eigenvalue weighted by molar-refractivity contribution is 5.81. The maximum absolute atomic E-state index is 12.1. The lowest BCUT2D eigenvalue weighted by Crippen LogP contribution is -2.37. The minimum absolute atomic E-state index is 0.0601. The summed E-state index contributed by atoms with van der Waals surface area (Å²) in [6.45, 7) is 5.92. The molecular weight excluding hydrogens is 236 g/mol. The van der Waals surface area contributed by atoms with Crippen LogP contribution in [0.1, 0.15) is 38.4 Å². The Morgan fingerprint density at radius 1 is 1.32 bits per heavy atom. The smallest absolute Gasteiger partial charge is 0.238 e. The molecule has 0 radical (unpaired) electrons. The van der Waals surface area contributed by atoms with Crippen molar-refractivity contribution < 1.29 is 4.79 Å². The highest BCUT2D eigenvalue weighted by Gasteiger charge is 2.49. The van der Waals surface area contributed by atoms with Crippen LogP contribution in [0.4, 0.5) is 0 Å². The Morgan fingerprint density at radius 3 is 2.58 bits per heavy atom. The maximum Gasteiger partial charge on any atom is 0.238 e. The van der Waals surface area contributed by atoms with E-state index in [1.54, 1.807) is 0 Å². The molecule has 1 unspecified atom stereocenters. The highest BCUT2D eigenvalue weighted by Crippen LogP contribution is 2.53. The molecule has 1 atom stereocenters. The first-order valence-electron chi connectivity index (χ1n) is 7.20. The number of hydrogen-bond acceptors (Lipinski definition) is 2. The third-order valence-electron chi connectivity index (χ3n) is 4.80. The minimum atomic E-state index is 0.0601. The van der Waals surface area contributed by atoms with Gasteiger partial charge in [-0.25, -0.2) is 0 Å². The van der Waals surface area contributed by atoms with Crippen molar-refractivity contribution in [3.8, 4) is 0 Å². The fourth-order valence-corrected chi connectivity index (χ4v) is 3.07. The average Bonchev–Trinajstić information content (AvgIpc) is 3.11. The molecule has 0 aromatic heterocycles. The van der Waals surface area contributed by atoms with Gasteiger partial charge in [0.15, 0.2) is 0 Å². The molecule has 1 amide bonds. The lowest BCUT2D eigenvalue weighted by Gasteiger charge is -2.31. The second-order valence-corrected chi connectivity index (χ2v) is 6.23. The third kappa shape index (κ3) is 2.27. The molecule has 102 valence electrons. The molecule has 19 heavy (non-hydrogen) atoms. The summed E-state index contributed by atoms with van der Waals surface area (Å²) in [5, 5.41) is 3.34. The third-order valence-corrected chi connectivity index (χ3v) is 4.80. The first-order valence-corrected chi connectivity index (χ1v) is 7.20. The molecule has 2 fully saturated rings. The Hall–Kier alpha value is -1.35. The van der Waals surface area contributed by atoms with Crippen LogP contribution in [0, 0.1) is 11.3 Å². The fourth-order valence-electron chi connectivity index (χ4n) is 3.07. The Morgan fingerprint density at radius 2 is 2.00 bits per heavy atom. The van der Waals surface area contributed by atoms with E-state index in [4.69, 9.17) is 0 Å². The van der Waals surface area contributed by atoms with Crippen molar-refractivity contribution in [1.82, 2.24) is 10.2 Å². The molecule has 1 N–H and O–H groups in total. The van der Waals surface area contributed by atoms with E-state index < -0.39 is 0 Å². The van der Waals surface area contributed by atoms with E-state index >= 15 is 0 Å². The van der Waals surface area contributed by atoms with Gasteiger partial charge in [-0.3, -0.25) is 10.1 Å². The van der Waals surface area contributed by atoms with Crippen molar-refractivity contribution in [2.24, 2.45) is 11.3 Å². The predicted molar refractivity (Wildman–Crippen MR) is 75.4 cm³/mol. The number of nitrogens with one attached hydrogen (secondary N) is 1. The molecule has 0 bridgehead atoms. The Balaban J connectivity index is 1.80. The van der Waals surface area contributed by atoms with Crippen LogP contribution in [-0.4, -0.2) is 23.9 Å². The van der Waals surface area contributed by atoms with Crippen molar-refractivity contribution in [2.45, 2.75) is 32.9 Å². The molecule has 3 nitrogen and oxygen atoms in total. The molecule has 1 aliphatic heterocycles. The average molecular weight is 258 g/mol. The molecule has 3 rings (SSSR count). The first-order chi connectivity index (χ1) is 9.12. The Bertz CT molecular complexity index is 465. The molecule has 1 aliphatic carbocycles. The van der Waals surface area contributed by atoms with E-state index in [0.717, 1.165) is 6.54 Å². The first kappa shape index (κ1) is 12.7. The van der Waals surface area contributed by atoms with E-state index in [1.807, 2.05) is 23.1 Å². The van der Waals surface area contributed by atoms with Gasteiger partial charge in [0.1, 0.15) is 6.17 Å². The molecule has 1 aromatic carbocycles. The van der Waals surface area contributed by atoms with Crippen molar-refractivity contribution in [3.63, 3.8) is 0 Å². The van der Waals surface area contributed by atoms with Crippen molar-refractivity contribution >= 4 is 5.91 Å². The summed E-state index contributed by atoms with van der Waals surface area (Å²) >= 11 is 0. The number of carbonyl (C=O) groups is 1. The second kappa shape index (κ2) is 4.64. The SMILES string of the molecule is CC(C)C1(CN2C(=O)CNC2c2ccccc2)CC1. The van der Waals surface area contributed by atoms with E-state index in [-0.39, 0.29) is 12.1 Å². The zero-order chi connectivity index (χ0) is 13.5. The largest absolute Gasteiger partial charge is 0.321 e. The normalized spacial score (nSPS) is 25.1. The minimum Gasteiger partial charge on any atom is -0.321 e. The van der Waals surface area contributed by atoms with Gasteiger partial charge < -0.3 is 4.90 Å². The second-order valence-electron chi connectivity index (χ2n) is 6.23. The van der Waals surface area contributed by atoms with E-state index in [2.05, 4.69) is 31.3 Å². The van der Waals surface area contributed by atoms with Crippen LogP contribution in [0.5, 0.6) is 0 Å². The van der Waals surface area contributed by atoms with Crippen LogP contribution in [0.3, 0.4) is 0 Å². The summed E-state index contributed by atoms with van der Waals surface area (Å²) in [7, 11) is 0. The summed E-state index contributed by atoms with van der Waals surface area (Å²) in [5.74, 6) is 0.887. The van der Waals surface area contributed by atoms with Gasteiger partial charge in [0.2, 0.25) is 5.91 Å². The Kier molecular flexibility index (Phi) is 3.09. The molecular formula is C16H22N2O. The van der Waals surface area contributed by atoms with Crippen LogP contribution < -0.4 is 5.32 Å². The zero-order valence-corrected chi connectivity index (χ0v) is 11.7. The van der Waals surface area contributed by atoms with Gasteiger partial charge >= 0.3 is 0 Å². The van der Waals surface area contributed by atoms with Gasteiger partial charge in [-0.15, -0.1) is 0 Å². The van der Waals surface area contributed by atoms with Gasteiger partial charge in [0.25, 0.3) is 0 Å². The number of nitrogens with zero attached hydrogens (tertiary/aromatic N) is 1.